The number of rotatable bonds is 3. The molecule has 0 radical (unpaired) electrons. The first-order valence-corrected chi connectivity index (χ1v) is 6.51. The van der Waals surface area contributed by atoms with Gasteiger partial charge in [0.2, 0.25) is 0 Å². The molecule has 0 spiro atoms. The summed E-state index contributed by atoms with van der Waals surface area (Å²) in [5, 5.41) is 11.0. The number of hydrogen-bond acceptors (Lipinski definition) is 4. The summed E-state index contributed by atoms with van der Waals surface area (Å²) in [6.45, 7) is 5.74. The van der Waals surface area contributed by atoms with Crippen molar-refractivity contribution in [2.45, 2.75) is 26.3 Å². The van der Waals surface area contributed by atoms with Gasteiger partial charge < -0.3 is 0 Å². The highest BCUT2D eigenvalue weighted by Crippen LogP contribution is 2.14. The lowest BCUT2D eigenvalue weighted by atomic mass is 10.1. The highest BCUT2D eigenvalue weighted by Gasteiger charge is 2.17. The van der Waals surface area contributed by atoms with Crippen LogP contribution in [0.3, 0.4) is 0 Å². The Labute approximate surface area is 119 Å². The van der Waals surface area contributed by atoms with E-state index < -0.39 is 0 Å². The fourth-order valence-corrected chi connectivity index (χ4v) is 1.52. The molecule has 1 heterocycles. The third-order valence-corrected chi connectivity index (χ3v) is 2.74. The fourth-order valence-electron chi connectivity index (χ4n) is 1.52. The Morgan fingerprint density at radius 1 is 1.10 bits per heavy atom. The van der Waals surface area contributed by atoms with Gasteiger partial charge in [-0.05, 0) is 32.4 Å². The molecule has 0 amide bonds. The van der Waals surface area contributed by atoms with Gasteiger partial charge in [-0.15, -0.1) is 0 Å². The first-order chi connectivity index (χ1) is 9.45. The molecule has 0 atom stereocenters. The van der Waals surface area contributed by atoms with Gasteiger partial charge in [-0.3, -0.25) is 10.3 Å². The Kier molecular flexibility index (Phi) is 4.15. The summed E-state index contributed by atoms with van der Waals surface area (Å²) in [6, 6.07) is 9.98. The van der Waals surface area contributed by atoms with Crippen LogP contribution in [-0.4, -0.2) is 27.9 Å². The molecule has 1 aromatic carbocycles. The first-order valence-electron chi connectivity index (χ1n) is 6.51. The van der Waals surface area contributed by atoms with Crippen molar-refractivity contribution in [1.82, 2.24) is 5.06 Å². The van der Waals surface area contributed by atoms with E-state index in [1.807, 2.05) is 63.3 Å². The zero-order valence-corrected chi connectivity index (χ0v) is 12.0. The van der Waals surface area contributed by atoms with Crippen LogP contribution in [0.1, 0.15) is 26.3 Å². The molecule has 20 heavy (non-hydrogen) atoms. The number of allylic oxidation sites excluding steroid dienone is 1. The van der Waals surface area contributed by atoms with Crippen LogP contribution >= 0.6 is 0 Å². The predicted octanol–water partition coefficient (Wildman–Crippen LogP) is 3.51. The largest absolute Gasteiger partial charge is 0.288 e. The van der Waals surface area contributed by atoms with Crippen LogP contribution in [0.4, 0.5) is 0 Å². The number of benzene rings is 1. The van der Waals surface area contributed by atoms with Crippen molar-refractivity contribution in [2.24, 2.45) is 9.98 Å². The van der Waals surface area contributed by atoms with Gasteiger partial charge in [0, 0.05) is 0 Å². The van der Waals surface area contributed by atoms with Crippen LogP contribution in [0.5, 0.6) is 0 Å². The van der Waals surface area contributed by atoms with Crippen LogP contribution in [0.2, 0.25) is 0 Å². The van der Waals surface area contributed by atoms with E-state index in [1.54, 1.807) is 12.4 Å². The zero-order valence-electron chi connectivity index (χ0n) is 12.0. The second-order valence-corrected chi connectivity index (χ2v) is 5.54. The van der Waals surface area contributed by atoms with Gasteiger partial charge in [-0.1, -0.05) is 36.4 Å². The minimum absolute atomic E-state index is 0.362. The molecule has 2 rings (SSSR count). The van der Waals surface area contributed by atoms with Crippen LogP contribution in [0.15, 0.2) is 58.3 Å². The maximum Gasteiger partial charge on any atom is 0.152 e. The van der Waals surface area contributed by atoms with Crippen molar-refractivity contribution in [3.8, 4) is 0 Å². The van der Waals surface area contributed by atoms with E-state index >= 15 is 0 Å². The van der Waals surface area contributed by atoms with E-state index in [0.717, 1.165) is 10.6 Å². The van der Waals surface area contributed by atoms with Crippen LogP contribution < -0.4 is 0 Å². The molecule has 1 aromatic rings. The number of hydroxylamine groups is 2. The second-order valence-electron chi connectivity index (χ2n) is 5.54. The highest BCUT2D eigenvalue weighted by molar-refractivity contribution is 6.08. The minimum Gasteiger partial charge on any atom is -0.288 e. The lowest BCUT2D eigenvalue weighted by Gasteiger charge is -2.27. The number of nitrogens with zero attached hydrogens (tertiary/aromatic N) is 3. The van der Waals surface area contributed by atoms with Crippen molar-refractivity contribution in [3.05, 3.63) is 53.9 Å². The minimum atomic E-state index is -0.362. The van der Waals surface area contributed by atoms with Gasteiger partial charge >= 0.3 is 0 Å². The zero-order chi connectivity index (χ0) is 14.6. The van der Waals surface area contributed by atoms with E-state index in [-0.39, 0.29) is 5.54 Å². The Hall–Kier alpha value is -2.20. The molecule has 4 nitrogen and oxygen atoms in total. The topological polar surface area (TPSA) is 48.2 Å². The number of amidine groups is 1. The van der Waals surface area contributed by atoms with E-state index in [0.29, 0.717) is 11.5 Å². The maximum atomic E-state index is 9.85. The Morgan fingerprint density at radius 2 is 1.80 bits per heavy atom. The van der Waals surface area contributed by atoms with Gasteiger partial charge in [0.05, 0.1) is 18.0 Å². The standard InChI is InChI=1S/C16H19N3O/c1-16(2,3)19(20)12-14-11-17-15(18-14)10-9-13-7-5-4-6-8-13/h4-12,20H,1-3H3. The Balaban J connectivity index is 2.07. The SMILES string of the molecule is CC(C)(C)N(O)C=C1C=NC(C=Cc2ccccc2)=N1. The smallest absolute Gasteiger partial charge is 0.152 e. The number of aliphatic imine (C=N–C) groups is 2. The Bertz CT molecular complexity index is 577. The predicted molar refractivity (Wildman–Crippen MR) is 82.9 cm³/mol. The van der Waals surface area contributed by atoms with Crippen LogP contribution in [0, 0.1) is 0 Å². The average Bonchev–Trinajstić information content (AvgIpc) is 2.84. The number of hydrogen-bond donors (Lipinski definition) is 1. The van der Waals surface area contributed by atoms with Gasteiger partial charge in [0.1, 0.15) is 5.70 Å². The third-order valence-electron chi connectivity index (χ3n) is 2.74. The van der Waals surface area contributed by atoms with Gasteiger partial charge in [0.25, 0.3) is 0 Å². The summed E-state index contributed by atoms with van der Waals surface area (Å²) in [6.07, 6.45) is 7.03. The molecule has 0 aromatic heterocycles. The molecule has 0 saturated carbocycles. The maximum absolute atomic E-state index is 9.85. The van der Waals surface area contributed by atoms with Crippen molar-refractivity contribution < 1.29 is 5.21 Å². The van der Waals surface area contributed by atoms with Crippen LogP contribution in [0.25, 0.3) is 6.08 Å². The summed E-state index contributed by atoms with van der Waals surface area (Å²) in [5.74, 6) is 0.627. The van der Waals surface area contributed by atoms with Crippen molar-refractivity contribution in [1.29, 1.82) is 0 Å². The van der Waals surface area contributed by atoms with Crippen LogP contribution in [-0.2, 0) is 0 Å². The molecular formula is C16H19N3O. The van der Waals surface area contributed by atoms with E-state index in [4.69, 9.17) is 0 Å². The van der Waals surface area contributed by atoms with Gasteiger partial charge in [-0.25, -0.2) is 9.98 Å². The van der Waals surface area contributed by atoms with Gasteiger partial charge in [0.15, 0.2) is 5.84 Å². The van der Waals surface area contributed by atoms with Gasteiger partial charge in [-0.2, -0.15) is 0 Å². The molecule has 0 fully saturated rings. The Morgan fingerprint density at radius 3 is 2.45 bits per heavy atom. The molecule has 0 saturated heterocycles. The average molecular weight is 269 g/mol. The van der Waals surface area contributed by atoms with E-state index in [2.05, 4.69) is 9.98 Å². The lowest BCUT2D eigenvalue weighted by Crippen LogP contribution is -2.34. The van der Waals surface area contributed by atoms with E-state index in [9.17, 15) is 5.21 Å². The molecule has 0 aliphatic carbocycles. The summed E-state index contributed by atoms with van der Waals surface area (Å²) >= 11 is 0. The highest BCUT2D eigenvalue weighted by atomic mass is 16.5. The monoisotopic (exact) mass is 269 g/mol. The molecule has 4 heteroatoms. The summed E-state index contributed by atoms with van der Waals surface area (Å²) in [7, 11) is 0. The molecular weight excluding hydrogens is 250 g/mol. The molecule has 1 N–H and O–H groups in total. The normalized spacial score (nSPS) is 17.0. The molecule has 0 bridgehead atoms. The fraction of sp³-hybridized carbons (Fsp3) is 0.250. The second kappa shape index (κ2) is 5.84. The summed E-state index contributed by atoms with van der Waals surface area (Å²) < 4.78 is 0. The summed E-state index contributed by atoms with van der Waals surface area (Å²) in [4.78, 5) is 8.52. The quantitative estimate of drug-likeness (QED) is 0.853. The van der Waals surface area contributed by atoms with Crippen molar-refractivity contribution in [3.63, 3.8) is 0 Å². The lowest BCUT2D eigenvalue weighted by molar-refractivity contribution is -0.110. The molecule has 104 valence electrons. The van der Waals surface area contributed by atoms with Crippen molar-refractivity contribution in [2.75, 3.05) is 0 Å². The molecule has 1 aliphatic heterocycles. The third kappa shape index (κ3) is 3.90. The first kappa shape index (κ1) is 14.2. The molecule has 0 unspecified atom stereocenters. The van der Waals surface area contributed by atoms with E-state index in [1.165, 1.54) is 0 Å². The van der Waals surface area contributed by atoms with Crippen molar-refractivity contribution >= 4 is 18.1 Å². The summed E-state index contributed by atoms with van der Waals surface area (Å²) in [5.41, 5.74) is 1.37. The molecule has 1 aliphatic rings.